The summed E-state index contributed by atoms with van der Waals surface area (Å²) < 4.78 is 0.674. The first-order chi connectivity index (χ1) is 18.5. The van der Waals surface area contributed by atoms with Crippen LogP contribution in [0, 0.1) is 12.3 Å². The Labute approximate surface area is 241 Å². The topological polar surface area (TPSA) is 104 Å². The first kappa shape index (κ1) is 28.9. The number of nitrogens with zero attached hydrogens (tertiary/aromatic N) is 3. The number of hydrogen-bond donors (Lipinski definition) is 2. The van der Waals surface area contributed by atoms with E-state index in [0.29, 0.717) is 23.0 Å². The van der Waals surface area contributed by atoms with Crippen LogP contribution in [0.25, 0.3) is 10.4 Å². The zero-order chi connectivity index (χ0) is 28.3. The third kappa shape index (κ3) is 6.73. The second-order valence-electron chi connectivity index (χ2n) is 11.0. The summed E-state index contributed by atoms with van der Waals surface area (Å²) in [6.45, 7) is 10.1. The van der Waals surface area contributed by atoms with Crippen LogP contribution in [0.4, 0.5) is 0 Å². The van der Waals surface area contributed by atoms with Gasteiger partial charge in [0.25, 0.3) is 5.91 Å². The Morgan fingerprint density at radius 3 is 2.46 bits per heavy atom. The molecule has 3 heterocycles. The highest BCUT2D eigenvalue weighted by atomic mass is 79.9. The molecule has 4 rings (SSSR count). The van der Waals surface area contributed by atoms with Gasteiger partial charge in [0.2, 0.25) is 11.8 Å². The number of amides is 3. The quantitative estimate of drug-likeness (QED) is 0.378. The summed E-state index contributed by atoms with van der Waals surface area (Å²) in [6, 6.07) is 8.14. The maximum Gasteiger partial charge on any atom is 0.253 e. The van der Waals surface area contributed by atoms with E-state index in [9.17, 15) is 14.4 Å². The van der Waals surface area contributed by atoms with Gasteiger partial charge in [0.05, 0.1) is 27.7 Å². The van der Waals surface area contributed by atoms with E-state index in [-0.39, 0.29) is 23.8 Å². The zero-order valence-corrected chi connectivity index (χ0v) is 25.2. The van der Waals surface area contributed by atoms with E-state index in [2.05, 4.69) is 36.5 Å². The van der Waals surface area contributed by atoms with E-state index in [1.165, 1.54) is 6.20 Å². The number of rotatable bonds is 7. The van der Waals surface area contributed by atoms with Gasteiger partial charge >= 0.3 is 0 Å². The zero-order valence-electron chi connectivity index (χ0n) is 22.8. The van der Waals surface area contributed by atoms with Crippen molar-refractivity contribution in [1.82, 2.24) is 25.5 Å². The lowest BCUT2D eigenvalue weighted by molar-refractivity contribution is -0.142. The van der Waals surface area contributed by atoms with Gasteiger partial charge in [-0.15, -0.1) is 11.3 Å². The first-order valence-corrected chi connectivity index (χ1v) is 14.7. The third-order valence-corrected chi connectivity index (χ3v) is 8.38. The van der Waals surface area contributed by atoms with Crippen molar-refractivity contribution < 1.29 is 14.4 Å². The molecular formula is C29H34BrN5O3S. The molecule has 0 aliphatic carbocycles. The maximum absolute atomic E-state index is 13.8. The minimum absolute atomic E-state index is 0.189. The lowest BCUT2D eigenvalue weighted by Crippen LogP contribution is -2.57. The van der Waals surface area contributed by atoms with Gasteiger partial charge in [0.1, 0.15) is 12.1 Å². The molecule has 0 bridgehead atoms. The molecule has 0 spiro atoms. The van der Waals surface area contributed by atoms with Gasteiger partial charge in [-0.1, -0.05) is 45.0 Å². The average molecular weight is 613 g/mol. The first-order valence-electron chi connectivity index (χ1n) is 13.0. The van der Waals surface area contributed by atoms with Gasteiger partial charge in [-0.2, -0.15) is 0 Å². The molecule has 2 aromatic heterocycles. The maximum atomic E-state index is 13.8. The number of thiazole rings is 1. The second-order valence-corrected chi connectivity index (χ2v) is 12.7. The Bertz CT molecular complexity index is 1350. The summed E-state index contributed by atoms with van der Waals surface area (Å²) >= 11 is 4.93. The van der Waals surface area contributed by atoms with Gasteiger partial charge in [-0.05, 0) is 65.2 Å². The Hall–Kier alpha value is -3.11. The van der Waals surface area contributed by atoms with E-state index < -0.39 is 17.5 Å². The number of hydrogen-bond acceptors (Lipinski definition) is 6. The molecular weight excluding hydrogens is 578 g/mol. The minimum atomic E-state index is -0.808. The van der Waals surface area contributed by atoms with Gasteiger partial charge in [0, 0.05) is 23.4 Å². The van der Waals surface area contributed by atoms with Crippen molar-refractivity contribution in [2.75, 3.05) is 6.54 Å². The largest absolute Gasteiger partial charge is 0.348 e. The molecule has 3 aromatic rings. The summed E-state index contributed by atoms with van der Waals surface area (Å²) in [6.07, 6.45) is 4.35. The van der Waals surface area contributed by atoms with Crippen LogP contribution in [0.1, 0.15) is 68.2 Å². The van der Waals surface area contributed by atoms with Crippen LogP contribution < -0.4 is 10.6 Å². The number of pyridine rings is 1. The normalized spacial score (nSPS) is 17.0. The molecule has 10 heteroatoms. The van der Waals surface area contributed by atoms with Crippen LogP contribution in [0.5, 0.6) is 0 Å². The molecule has 206 valence electrons. The van der Waals surface area contributed by atoms with Gasteiger partial charge in [-0.3, -0.25) is 19.4 Å². The number of nitrogens with one attached hydrogen (secondary N) is 2. The predicted molar refractivity (Wildman–Crippen MR) is 156 cm³/mol. The summed E-state index contributed by atoms with van der Waals surface area (Å²) in [5.41, 5.74) is 4.70. The lowest BCUT2D eigenvalue weighted by Gasteiger charge is -2.35. The fourth-order valence-electron chi connectivity index (χ4n) is 4.76. The summed E-state index contributed by atoms with van der Waals surface area (Å²) in [4.78, 5) is 51.3. The van der Waals surface area contributed by atoms with Gasteiger partial charge < -0.3 is 15.5 Å². The van der Waals surface area contributed by atoms with Crippen molar-refractivity contribution in [3.8, 4) is 10.4 Å². The fraction of sp³-hybridized carbons (Fsp3) is 0.414. The van der Waals surface area contributed by atoms with Gasteiger partial charge in [-0.25, -0.2) is 4.98 Å². The highest BCUT2D eigenvalue weighted by Crippen LogP contribution is 2.29. The van der Waals surface area contributed by atoms with Crippen molar-refractivity contribution in [3.05, 3.63) is 69.5 Å². The SMILES string of the molecule is Cc1ncsc1-c1ccc([C@H](C)NC(=O)[C@@H]2CCCN2C(=O)C(NC(=O)c2cncc(Br)c2)C(C)(C)C)cc1. The van der Waals surface area contributed by atoms with Crippen LogP contribution in [-0.4, -0.2) is 51.2 Å². The van der Waals surface area contributed by atoms with E-state index in [1.54, 1.807) is 28.5 Å². The molecule has 0 saturated carbocycles. The Morgan fingerprint density at radius 1 is 1.13 bits per heavy atom. The molecule has 3 atom stereocenters. The standard InChI is InChI=1S/C29H34BrN5O3S/c1-17(19-8-10-20(11-9-19)24-18(2)32-16-39-24)33-27(37)23-7-6-12-35(23)28(38)25(29(3,4)5)34-26(36)21-13-22(30)15-31-14-21/h8-11,13-17,23,25H,6-7,12H2,1-5H3,(H,33,37)(H,34,36)/t17-,23-,25?/m0/s1. The van der Waals surface area contributed by atoms with Crippen LogP contribution in [0.2, 0.25) is 0 Å². The molecule has 1 aromatic carbocycles. The van der Waals surface area contributed by atoms with Crippen LogP contribution in [-0.2, 0) is 9.59 Å². The van der Waals surface area contributed by atoms with E-state index >= 15 is 0 Å². The molecule has 0 radical (unpaired) electrons. The predicted octanol–water partition coefficient (Wildman–Crippen LogP) is 5.29. The third-order valence-electron chi connectivity index (χ3n) is 6.97. The van der Waals surface area contributed by atoms with E-state index in [0.717, 1.165) is 28.1 Å². The molecule has 1 fully saturated rings. The van der Waals surface area contributed by atoms with Gasteiger partial charge in [0.15, 0.2) is 0 Å². The molecule has 3 amide bonds. The van der Waals surface area contributed by atoms with E-state index in [4.69, 9.17) is 0 Å². The van der Waals surface area contributed by atoms with Crippen LogP contribution in [0.3, 0.4) is 0 Å². The number of carbonyl (C=O) groups excluding carboxylic acids is 3. The van der Waals surface area contributed by atoms with Crippen molar-refractivity contribution in [2.45, 2.75) is 65.6 Å². The average Bonchev–Trinajstić information content (AvgIpc) is 3.55. The van der Waals surface area contributed by atoms with Crippen molar-refractivity contribution in [2.24, 2.45) is 5.41 Å². The number of halogens is 1. The summed E-state index contributed by atoms with van der Waals surface area (Å²) in [5.74, 6) is -0.831. The summed E-state index contributed by atoms with van der Waals surface area (Å²) in [7, 11) is 0. The molecule has 1 saturated heterocycles. The molecule has 39 heavy (non-hydrogen) atoms. The van der Waals surface area contributed by atoms with Crippen molar-refractivity contribution in [3.63, 3.8) is 0 Å². The molecule has 1 unspecified atom stereocenters. The number of aryl methyl sites for hydroxylation is 1. The highest BCUT2D eigenvalue weighted by Gasteiger charge is 2.42. The number of carbonyl (C=O) groups is 3. The monoisotopic (exact) mass is 611 g/mol. The molecule has 2 N–H and O–H groups in total. The lowest BCUT2D eigenvalue weighted by atomic mass is 9.85. The Morgan fingerprint density at radius 2 is 1.85 bits per heavy atom. The second kappa shape index (κ2) is 12.0. The fourth-order valence-corrected chi connectivity index (χ4v) is 5.94. The Balaban J connectivity index is 1.44. The Kier molecular flexibility index (Phi) is 8.86. The number of likely N-dealkylation sites (tertiary alicyclic amines) is 1. The minimum Gasteiger partial charge on any atom is -0.348 e. The highest BCUT2D eigenvalue weighted by molar-refractivity contribution is 9.10. The van der Waals surface area contributed by atoms with Crippen molar-refractivity contribution >= 4 is 45.0 Å². The number of benzene rings is 1. The number of aromatic nitrogens is 2. The van der Waals surface area contributed by atoms with Crippen molar-refractivity contribution in [1.29, 1.82) is 0 Å². The smallest absolute Gasteiger partial charge is 0.253 e. The molecule has 1 aliphatic rings. The molecule has 1 aliphatic heterocycles. The van der Waals surface area contributed by atoms with Crippen LogP contribution >= 0.6 is 27.3 Å². The summed E-state index contributed by atoms with van der Waals surface area (Å²) in [5, 5.41) is 5.99. The van der Waals surface area contributed by atoms with Crippen LogP contribution in [0.15, 0.2) is 52.7 Å². The van der Waals surface area contributed by atoms with E-state index in [1.807, 2.05) is 64.4 Å². The molecule has 8 nitrogen and oxygen atoms in total.